The van der Waals surface area contributed by atoms with Gasteiger partial charge in [0.25, 0.3) is 0 Å². The Labute approximate surface area is 339 Å². The van der Waals surface area contributed by atoms with E-state index < -0.39 is 0 Å². The van der Waals surface area contributed by atoms with E-state index >= 15 is 0 Å². The Morgan fingerprint density at radius 3 is 1.57 bits per heavy atom. The highest BCUT2D eigenvalue weighted by Gasteiger charge is 2.21. The maximum absolute atomic E-state index is 5.31. The Kier molecular flexibility index (Phi) is 8.51. The second kappa shape index (κ2) is 14.4. The fourth-order valence-electron chi connectivity index (χ4n) is 9.42. The van der Waals surface area contributed by atoms with Crippen LogP contribution in [-0.4, -0.2) is 5.71 Å². The first-order valence-corrected chi connectivity index (χ1v) is 20.5. The molecule has 0 aromatic heterocycles. The summed E-state index contributed by atoms with van der Waals surface area (Å²) < 4.78 is 0. The van der Waals surface area contributed by atoms with E-state index in [9.17, 15) is 0 Å². The van der Waals surface area contributed by atoms with Crippen molar-refractivity contribution in [3.8, 4) is 33.4 Å². The number of hydrogen-bond acceptors (Lipinski definition) is 1. The van der Waals surface area contributed by atoms with Crippen LogP contribution in [0.5, 0.6) is 0 Å². The smallest absolute Gasteiger partial charge is 0.0665 e. The van der Waals surface area contributed by atoms with Gasteiger partial charge < -0.3 is 0 Å². The molecule has 0 fully saturated rings. The standard InChI is InChI=1S/C57H41N/c1-2-12-38(13-3-1)45-31-33-55(58-54-21-11-8-18-47(54)34-45)42-26-22-41(23-27-42)46-30-32-52-53(37-46)57(49-29-25-40-15-5-7-17-44(40)36-49)51-20-10-9-19-50(51)56(52)48-28-24-39-14-4-6-16-43(39)35-48/h1-30,32,35-37,45H,31,33-34H2. The number of fused-ring (bicyclic) bond motifs is 5. The van der Waals surface area contributed by atoms with Crippen molar-refractivity contribution in [2.45, 2.75) is 25.2 Å². The molecule has 10 aromatic carbocycles. The van der Waals surface area contributed by atoms with E-state index in [0.29, 0.717) is 5.92 Å². The van der Waals surface area contributed by atoms with Crippen molar-refractivity contribution >= 4 is 54.5 Å². The average molecular weight is 740 g/mol. The molecule has 10 aromatic rings. The molecule has 0 saturated carbocycles. The third kappa shape index (κ3) is 6.17. The largest absolute Gasteiger partial charge is 0.253 e. The molecule has 1 heteroatoms. The van der Waals surface area contributed by atoms with Crippen LogP contribution in [0.25, 0.3) is 76.5 Å². The van der Waals surface area contributed by atoms with Gasteiger partial charge >= 0.3 is 0 Å². The van der Waals surface area contributed by atoms with Gasteiger partial charge in [-0.1, -0.05) is 182 Å². The number of para-hydroxylation sites is 1. The summed E-state index contributed by atoms with van der Waals surface area (Å²) in [5.41, 5.74) is 13.6. The van der Waals surface area contributed by atoms with Crippen LogP contribution in [0.15, 0.2) is 211 Å². The molecule has 0 bridgehead atoms. The van der Waals surface area contributed by atoms with Crippen molar-refractivity contribution in [1.82, 2.24) is 0 Å². The molecule has 0 spiro atoms. The van der Waals surface area contributed by atoms with Gasteiger partial charge in [-0.2, -0.15) is 0 Å². The number of hydrogen-bond donors (Lipinski definition) is 0. The van der Waals surface area contributed by atoms with Crippen LogP contribution >= 0.6 is 0 Å². The van der Waals surface area contributed by atoms with Crippen LogP contribution in [0.3, 0.4) is 0 Å². The van der Waals surface area contributed by atoms with Gasteiger partial charge in [-0.25, -0.2) is 0 Å². The van der Waals surface area contributed by atoms with Crippen molar-refractivity contribution in [1.29, 1.82) is 0 Å². The Balaban J connectivity index is 1.06. The van der Waals surface area contributed by atoms with Gasteiger partial charge in [-0.3, -0.25) is 4.99 Å². The Hall–Kier alpha value is -7.09. The van der Waals surface area contributed by atoms with E-state index in [4.69, 9.17) is 4.99 Å². The molecular weight excluding hydrogens is 699 g/mol. The molecule has 1 aliphatic rings. The lowest BCUT2D eigenvalue weighted by Crippen LogP contribution is -2.11. The molecule has 0 amide bonds. The average Bonchev–Trinajstić information content (AvgIpc) is 3.28. The van der Waals surface area contributed by atoms with Crippen LogP contribution in [0, 0.1) is 0 Å². The summed E-state index contributed by atoms with van der Waals surface area (Å²) >= 11 is 0. The van der Waals surface area contributed by atoms with Gasteiger partial charge in [0.1, 0.15) is 0 Å². The van der Waals surface area contributed by atoms with Gasteiger partial charge in [-0.15, -0.1) is 0 Å². The number of nitrogens with zero attached hydrogens (tertiary/aromatic N) is 1. The van der Waals surface area contributed by atoms with Gasteiger partial charge in [0.05, 0.1) is 5.69 Å². The van der Waals surface area contributed by atoms with E-state index in [0.717, 1.165) is 30.7 Å². The summed E-state index contributed by atoms with van der Waals surface area (Å²) in [5.74, 6) is 0.456. The summed E-state index contributed by atoms with van der Waals surface area (Å²) in [5, 5.41) is 10.0. The molecular formula is C57H41N. The van der Waals surface area contributed by atoms with E-state index in [-0.39, 0.29) is 0 Å². The zero-order valence-electron chi connectivity index (χ0n) is 32.3. The molecule has 58 heavy (non-hydrogen) atoms. The Morgan fingerprint density at radius 1 is 0.362 bits per heavy atom. The van der Waals surface area contributed by atoms with Crippen molar-refractivity contribution in [2.24, 2.45) is 4.99 Å². The topological polar surface area (TPSA) is 12.4 Å². The molecule has 274 valence electrons. The number of benzene rings is 10. The zero-order valence-corrected chi connectivity index (χ0v) is 32.3. The molecule has 0 N–H and O–H groups in total. The summed E-state index contributed by atoms with van der Waals surface area (Å²) in [4.78, 5) is 5.31. The summed E-state index contributed by atoms with van der Waals surface area (Å²) in [6.07, 6.45) is 3.01. The van der Waals surface area contributed by atoms with Crippen molar-refractivity contribution in [2.75, 3.05) is 0 Å². The monoisotopic (exact) mass is 739 g/mol. The highest BCUT2D eigenvalue weighted by Crippen LogP contribution is 2.46. The summed E-state index contributed by atoms with van der Waals surface area (Å²) in [7, 11) is 0. The normalized spacial score (nSPS) is 14.3. The molecule has 0 saturated heterocycles. The van der Waals surface area contributed by atoms with Crippen molar-refractivity contribution in [3.63, 3.8) is 0 Å². The molecule has 1 heterocycles. The zero-order chi connectivity index (χ0) is 38.4. The quantitative estimate of drug-likeness (QED) is 0.156. The van der Waals surface area contributed by atoms with E-state index in [1.165, 1.54) is 93.2 Å². The lowest BCUT2D eigenvalue weighted by atomic mass is 9.84. The minimum Gasteiger partial charge on any atom is -0.253 e. The molecule has 1 atom stereocenters. The van der Waals surface area contributed by atoms with Crippen molar-refractivity contribution in [3.05, 3.63) is 223 Å². The second-order valence-electron chi connectivity index (χ2n) is 15.8. The number of rotatable bonds is 5. The highest BCUT2D eigenvalue weighted by atomic mass is 14.8. The van der Waals surface area contributed by atoms with Gasteiger partial charge in [0, 0.05) is 5.71 Å². The summed E-state index contributed by atoms with van der Waals surface area (Å²) in [6, 6.07) is 76.1. The van der Waals surface area contributed by atoms with Crippen LogP contribution < -0.4 is 0 Å². The van der Waals surface area contributed by atoms with Crippen LogP contribution in [0.1, 0.15) is 35.4 Å². The Morgan fingerprint density at radius 2 is 0.879 bits per heavy atom. The maximum Gasteiger partial charge on any atom is 0.0665 e. The number of aliphatic imine (C=N–C) groups is 1. The highest BCUT2D eigenvalue weighted by molar-refractivity contribution is 6.22. The fourth-order valence-corrected chi connectivity index (χ4v) is 9.42. The summed E-state index contributed by atoms with van der Waals surface area (Å²) in [6.45, 7) is 0. The van der Waals surface area contributed by atoms with Crippen LogP contribution in [0.2, 0.25) is 0 Å². The molecule has 0 radical (unpaired) electrons. The van der Waals surface area contributed by atoms with Gasteiger partial charge in [-0.05, 0) is 143 Å². The first-order chi connectivity index (χ1) is 28.7. The molecule has 1 unspecified atom stereocenters. The molecule has 1 nitrogen and oxygen atoms in total. The fraction of sp³-hybridized carbons (Fsp3) is 0.0702. The third-order valence-corrected chi connectivity index (χ3v) is 12.4. The predicted octanol–water partition coefficient (Wildman–Crippen LogP) is 15.5. The molecule has 1 aliphatic heterocycles. The van der Waals surface area contributed by atoms with E-state index in [2.05, 4.69) is 206 Å². The minimum absolute atomic E-state index is 0.456. The second-order valence-corrected chi connectivity index (χ2v) is 15.8. The first kappa shape index (κ1) is 34.2. The predicted molar refractivity (Wildman–Crippen MR) is 248 cm³/mol. The van der Waals surface area contributed by atoms with Gasteiger partial charge in [0.15, 0.2) is 0 Å². The van der Waals surface area contributed by atoms with Crippen molar-refractivity contribution < 1.29 is 0 Å². The third-order valence-electron chi connectivity index (χ3n) is 12.4. The Bertz CT molecular complexity index is 3190. The van der Waals surface area contributed by atoms with Crippen LogP contribution in [0.4, 0.5) is 5.69 Å². The van der Waals surface area contributed by atoms with E-state index in [1.807, 2.05) is 0 Å². The maximum atomic E-state index is 5.31. The van der Waals surface area contributed by atoms with Gasteiger partial charge in [0.2, 0.25) is 0 Å². The van der Waals surface area contributed by atoms with Crippen LogP contribution in [-0.2, 0) is 6.42 Å². The SMILES string of the molecule is c1ccc(C2CCC(c3ccc(-c4ccc5c(-c6ccc7ccccc7c6)c6ccccc6c(-c6ccc7ccccc7c6)c5c4)cc3)=Nc3ccccc3C2)cc1. The lowest BCUT2D eigenvalue weighted by molar-refractivity contribution is 0.635. The lowest BCUT2D eigenvalue weighted by Gasteiger charge is -2.22. The minimum atomic E-state index is 0.456. The molecule has 11 rings (SSSR count). The van der Waals surface area contributed by atoms with E-state index in [1.54, 1.807) is 0 Å². The molecule has 0 aliphatic carbocycles. The first-order valence-electron chi connectivity index (χ1n) is 20.5.